The fraction of sp³-hybridized carbons (Fsp3) is 0.526. The molecule has 7 heteroatoms. The number of hydrogen-bond donors (Lipinski definition) is 2. The predicted molar refractivity (Wildman–Crippen MR) is 101 cm³/mol. The number of urea groups is 1. The Morgan fingerprint density at radius 3 is 2.31 bits per heavy atom. The fourth-order valence-electron chi connectivity index (χ4n) is 2.77. The van der Waals surface area contributed by atoms with E-state index in [0.29, 0.717) is 17.2 Å². The summed E-state index contributed by atoms with van der Waals surface area (Å²) in [5, 5.41) is 5.33. The van der Waals surface area contributed by atoms with Crippen LogP contribution in [-0.2, 0) is 4.79 Å². The Labute approximate surface area is 154 Å². The molecule has 1 aliphatic heterocycles. The lowest BCUT2D eigenvalue weighted by molar-refractivity contribution is -0.128. The van der Waals surface area contributed by atoms with E-state index in [0.717, 1.165) is 25.9 Å². The normalized spacial score (nSPS) is 14.7. The highest BCUT2D eigenvalue weighted by molar-refractivity contribution is 5.95. The van der Waals surface area contributed by atoms with E-state index in [1.54, 1.807) is 38.4 Å². The van der Waals surface area contributed by atoms with Crippen LogP contribution in [0.15, 0.2) is 24.3 Å². The Balaban J connectivity index is 1.80. The van der Waals surface area contributed by atoms with Gasteiger partial charge in [0.25, 0.3) is 5.91 Å². The molecule has 26 heavy (non-hydrogen) atoms. The number of carbonyl (C=O) groups is 3. The van der Waals surface area contributed by atoms with Crippen molar-refractivity contribution in [2.24, 2.45) is 5.92 Å². The van der Waals surface area contributed by atoms with Gasteiger partial charge in [-0.15, -0.1) is 0 Å². The number of likely N-dealkylation sites (tertiary alicyclic amines) is 1. The van der Waals surface area contributed by atoms with Crippen molar-refractivity contribution in [1.82, 2.24) is 15.1 Å². The molecule has 1 heterocycles. The number of hydrogen-bond acceptors (Lipinski definition) is 3. The van der Waals surface area contributed by atoms with Gasteiger partial charge < -0.3 is 20.4 Å². The summed E-state index contributed by atoms with van der Waals surface area (Å²) in [4.78, 5) is 39.1. The maximum absolute atomic E-state index is 12.5. The molecule has 0 unspecified atom stereocenters. The van der Waals surface area contributed by atoms with Gasteiger partial charge >= 0.3 is 6.03 Å². The van der Waals surface area contributed by atoms with Gasteiger partial charge in [0.1, 0.15) is 0 Å². The van der Waals surface area contributed by atoms with Gasteiger partial charge in [-0.25, -0.2) is 4.79 Å². The van der Waals surface area contributed by atoms with Gasteiger partial charge in [-0.1, -0.05) is 6.92 Å². The van der Waals surface area contributed by atoms with Gasteiger partial charge in [0.2, 0.25) is 5.91 Å². The molecule has 2 N–H and O–H groups in total. The molecule has 1 aromatic carbocycles. The average Bonchev–Trinajstić information content (AvgIpc) is 2.62. The first-order valence-corrected chi connectivity index (χ1v) is 9.01. The largest absolute Gasteiger partial charge is 0.349 e. The molecule has 142 valence electrons. The highest BCUT2D eigenvalue weighted by atomic mass is 16.2. The van der Waals surface area contributed by atoms with Gasteiger partial charge in [-0.3, -0.25) is 9.59 Å². The van der Waals surface area contributed by atoms with Gasteiger partial charge in [-0.05, 0) is 43.0 Å². The van der Waals surface area contributed by atoms with Crippen LogP contribution in [0.2, 0.25) is 0 Å². The molecule has 0 atom stereocenters. The molecule has 1 aromatic rings. The lowest BCUT2D eigenvalue weighted by Gasteiger charge is -2.30. The van der Waals surface area contributed by atoms with Crippen molar-refractivity contribution in [3.63, 3.8) is 0 Å². The summed E-state index contributed by atoms with van der Waals surface area (Å²) in [7, 11) is 3.35. The van der Waals surface area contributed by atoms with Crippen molar-refractivity contribution in [1.29, 1.82) is 0 Å². The van der Waals surface area contributed by atoms with Crippen LogP contribution in [0, 0.1) is 5.92 Å². The third-order valence-electron chi connectivity index (χ3n) is 4.58. The third kappa shape index (κ3) is 5.75. The van der Waals surface area contributed by atoms with Crippen molar-refractivity contribution < 1.29 is 14.4 Å². The van der Waals surface area contributed by atoms with Crippen molar-refractivity contribution in [3.8, 4) is 0 Å². The minimum absolute atomic E-state index is 0.0371. The standard InChI is InChI=1S/C19H28N4O3/c1-14-9-12-23(13-10-14)18(25)15-4-6-16(7-5-15)21-19(26)20-11-8-17(24)22(2)3/h4-7,14H,8-13H2,1-3H3,(H2,20,21,26). The van der Waals surface area contributed by atoms with Gasteiger partial charge in [0.15, 0.2) is 0 Å². The van der Waals surface area contributed by atoms with Crippen molar-refractivity contribution in [3.05, 3.63) is 29.8 Å². The summed E-state index contributed by atoms with van der Waals surface area (Å²) in [5.74, 6) is 0.674. The zero-order valence-corrected chi connectivity index (χ0v) is 15.7. The third-order valence-corrected chi connectivity index (χ3v) is 4.58. The highest BCUT2D eigenvalue weighted by Crippen LogP contribution is 2.19. The molecule has 0 bridgehead atoms. The summed E-state index contributed by atoms with van der Waals surface area (Å²) in [5.41, 5.74) is 1.23. The Kier molecular flexibility index (Phi) is 7.00. The molecular formula is C19H28N4O3. The van der Waals surface area contributed by atoms with Gasteiger partial charge in [0, 0.05) is 51.4 Å². The molecule has 0 aromatic heterocycles. The maximum Gasteiger partial charge on any atom is 0.319 e. The Morgan fingerprint density at radius 1 is 1.12 bits per heavy atom. The summed E-state index contributed by atoms with van der Waals surface area (Å²) >= 11 is 0. The summed E-state index contributed by atoms with van der Waals surface area (Å²) in [6.07, 6.45) is 2.34. The fourth-order valence-corrected chi connectivity index (χ4v) is 2.77. The minimum atomic E-state index is -0.374. The molecule has 0 spiro atoms. The number of nitrogens with one attached hydrogen (secondary N) is 2. The first kappa shape index (κ1) is 19.8. The van der Waals surface area contributed by atoms with Gasteiger partial charge in [-0.2, -0.15) is 0 Å². The van der Waals surface area contributed by atoms with E-state index in [1.807, 2.05) is 4.90 Å². The SMILES string of the molecule is CC1CCN(C(=O)c2ccc(NC(=O)NCCC(=O)N(C)C)cc2)CC1. The van der Waals surface area contributed by atoms with E-state index in [4.69, 9.17) is 0 Å². The second-order valence-corrected chi connectivity index (χ2v) is 6.97. The molecule has 2 rings (SSSR count). The second-order valence-electron chi connectivity index (χ2n) is 6.97. The lowest BCUT2D eigenvalue weighted by atomic mass is 9.98. The Hall–Kier alpha value is -2.57. The molecular weight excluding hydrogens is 332 g/mol. The van der Waals surface area contributed by atoms with Crippen LogP contribution in [0.4, 0.5) is 10.5 Å². The molecule has 7 nitrogen and oxygen atoms in total. The number of benzene rings is 1. The van der Waals surface area contributed by atoms with Crippen LogP contribution in [-0.4, -0.2) is 61.4 Å². The van der Waals surface area contributed by atoms with Crippen molar-refractivity contribution in [2.75, 3.05) is 39.0 Å². The maximum atomic E-state index is 12.5. The van der Waals surface area contributed by atoms with Crippen LogP contribution >= 0.6 is 0 Å². The number of piperidine rings is 1. The molecule has 0 saturated carbocycles. The first-order chi connectivity index (χ1) is 12.4. The van der Waals surface area contributed by atoms with Crippen LogP contribution in [0.3, 0.4) is 0 Å². The van der Waals surface area contributed by atoms with Gasteiger partial charge in [0.05, 0.1) is 0 Å². The van der Waals surface area contributed by atoms with Crippen molar-refractivity contribution >= 4 is 23.5 Å². The Bertz CT molecular complexity index is 635. The quantitative estimate of drug-likeness (QED) is 0.844. The number of rotatable bonds is 5. The molecule has 0 aliphatic carbocycles. The highest BCUT2D eigenvalue weighted by Gasteiger charge is 2.21. The number of anilines is 1. The number of carbonyl (C=O) groups excluding carboxylic acids is 3. The predicted octanol–water partition coefficient (Wildman–Crippen LogP) is 2.16. The summed E-state index contributed by atoms with van der Waals surface area (Å²) in [6.45, 7) is 4.08. The average molecular weight is 360 g/mol. The van der Waals surface area contributed by atoms with Crippen molar-refractivity contribution in [2.45, 2.75) is 26.2 Å². The number of amides is 4. The zero-order chi connectivity index (χ0) is 19.1. The molecule has 1 aliphatic rings. The van der Waals surface area contributed by atoms with E-state index >= 15 is 0 Å². The molecule has 0 radical (unpaired) electrons. The lowest BCUT2D eigenvalue weighted by Crippen LogP contribution is -2.37. The van der Waals surface area contributed by atoms with Crippen LogP contribution in [0.5, 0.6) is 0 Å². The zero-order valence-electron chi connectivity index (χ0n) is 15.7. The van der Waals surface area contributed by atoms with E-state index in [9.17, 15) is 14.4 Å². The van der Waals surface area contributed by atoms with E-state index in [2.05, 4.69) is 17.6 Å². The second kappa shape index (κ2) is 9.22. The van der Waals surface area contributed by atoms with E-state index < -0.39 is 0 Å². The topological polar surface area (TPSA) is 81.8 Å². The number of nitrogens with zero attached hydrogens (tertiary/aromatic N) is 2. The first-order valence-electron chi connectivity index (χ1n) is 9.01. The minimum Gasteiger partial charge on any atom is -0.349 e. The van der Waals surface area contributed by atoms with E-state index in [1.165, 1.54) is 4.90 Å². The Morgan fingerprint density at radius 2 is 1.73 bits per heavy atom. The summed E-state index contributed by atoms with van der Waals surface area (Å²) in [6, 6.07) is 6.51. The molecule has 1 fully saturated rings. The molecule has 1 saturated heterocycles. The molecule has 4 amide bonds. The van der Waals surface area contributed by atoms with Crippen LogP contribution < -0.4 is 10.6 Å². The monoisotopic (exact) mass is 360 g/mol. The smallest absolute Gasteiger partial charge is 0.319 e. The van der Waals surface area contributed by atoms with Crippen LogP contribution in [0.1, 0.15) is 36.5 Å². The summed E-state index contributed by atoms with van der Waals surface area (Å²) < 4.78 is 0. The van der Waals surface area contributed by atoms with Crippen LogP contribution in [0.25, 0.3) is 0 Å². The van der Waals surface area contributed by atoms with E-state index in [-0.39, 0.29) is 30.8 Å².